The van der Waals surface area contributed by atoms with Gasteiger partial charge in [-0.15, -0.1) is 0 Å². The lowest BCUT2D eigenvalue weighted by Crippen LogP contribution is -2.36. The minimum absolute atomic E-state index is 0.0454. The molecule has 0 aromatic heterocycles. The number of alkyl halides is 2. The number of benzene rings is 1. The van der Waals surface area contributed by atoms with Gasteiger partial charge in [-0.05, 0) is 43.6 Å². The van der Waals surface area contributed by atoms with Crippen LogP contribution in [0.5, 0.6) is 0 Å². The molecular weight excluding hydrogens is 490 g/mol. The molecule has 10 heteroatoms. The number of nitrogens with one attached hydrogen (secondary N) is 1. The number of aliphatic hydroxyl groups excluding tert-OH is 1. The number of aliphatic hydroxyl groups is 1. The summed E-state index contributed by atoms with van der Waals surface area (Å²) in [6.45, 7) is 2.07. The Kier molecular flexibility index (Phi) is 11.5. The van der Waals surface area contributed by atoms with Crippen molar-refractivity contribution in [3.8, 4) is 0 Å². The minimum atomic E-state index is -3.58. The van der Waals surface area contributed by atoms with E-state index in [1.165, 1.54) is 22.6 Å². The predicted molar refractivity (Wildman–Crippen MR) is 135 cm³/mol. The Balaban J connectivity index is 1.77. The first kappa shape index (κ1) is 29.9. The summed E-state index contributed by atoms with van der Waals surface area (Å²) in [5, 5.41) is 10.5. The monoisotopic (exact) mass is 528 g/mol. The Morgan fingerprint density at radius 2 is 1.86 bits per heavy atom. The fourth-order valence-electron chi connectivity index (χ4n) is 4.31. The van der Waals surface area contributed by atoms with Gasteiger partial charge in [-0.1, -0.05) is 62.2 Å². The van der Waals surface area contributed by atoms with Crippen molar-refractivity contribution < 1.29 is 31.9 Å². The molecule has 1 aromatic carbocycles. The standard InChI is InChI=1S/C26H38F2N2O5S/c1-20(11-10-14-21-12-6-5-7-13-21)23(31)17-16-22-19-26(27,28)25(33)30(22)18-9-4-3-8-15-24(32)29-36(2,34)35/h5-7,12-13,16-17,20,22-23,31H,3-4,8-11,14-15,18-19H2,1-2H3,(H,29,32)/t20-,22?,23+/m0/s1. The molecule has 1 fully saturated rings. The van der Waals surface area contributed by atoms with Gasteiger partial charge >= 0.3 is 5.92 Å². The summed E-state index contributed by atoms with van der Waals surface area (Å²) in [5.41, 5.74) is 1.23. The van der Waals surface area contributed by atoms with Crippen LogP contribution in [-0.4, -0.2) is 61.1 Å². The number of likely N-dealkylation sites (tertiary alicyclic amines) is 1. The third-order valence-corrected chi connectivity index (χ3v) is 6.97. The molecule has 1 aliphatic heterocycles. The average Bonchev–Trinajstić information content (AvgIpc) is 3.01. The Labute approximate surface area is 213 Å². The first-order valence-electron chi connectivity index (χ1n) is 12.5. The lowest BCUT2D eigenvalue weighted by molar-refractivity contribution is -0.148. The largest absolute Gasteiger partial charge is 0.389 e. The van der Waals surface area contributed by atoms with Gasteiger partial charge in [0, 0.05) is 19.4 Å². The molecule has 1 aliphatic rings. The summed E-state index contributed by atoms with van der Waals surface area (Å²) >= 11 is 0. The number of nitrogens with zero attached hydrogens (tertiary/aromatic N) is 1. The average molecular weight is 529 g/mol. The van der Waals surface area contributed by atoms with Crippen molar-refractivity contribution in [2.24, 2.45) is 5.92 Å². The molecule has 1 aromatic rings. The molecule has 1 unspecified atom stereocenters. The first-order valence-corrected chi connectivity index (χ1v) is 14.4. The summed E-state index contributed by atoms with van der Waals surface area (Å²) in [6.07, 6.45) is 7.37. The molecule has 0 radical (unpaired) electrons. The van der Waals surface area contributed by atoms with Crippen molar-refractivity contribution in [2.75, 3.05) is 12.8 Å². The van der Waals surface area contributed by atoms with Crippen LogP contribution in [0.15, 0.2) is 42.5 Å². The Morgan fingerprint density at radius 1 is 1.19 bits per heavy atom. The SMILES string of the molecule is C[C@@H](CCCc1ccccc1)[C@H](O)C=CC1CC(F)(F)C(=O)N1CCCCCCC(=O)NS(C)(=O)=O. The Hall–Kier alpha value is -2.33. The van der Waals surface area contributed by atoms with Gasteiger partial charge < -0.3 is 10.0 Å². The third-order valence-electron chi connectivity index (χ3n) is 6.37. The lowest BCUT2D eigenvalue weighted by Gasteiger charge is -2.22. The van der Waals surface area contributed by atoms with Gasteiger partial charge in [0.05, 0.1) is 18.4 Å². The molecule has 0 saturated carbocycles. The van der Waals surface area contributed by atoms with Gasteiger partial charge in [0.25, 0.3) is 5.91 Å². The van der Waals surface area contributed by atoms with Crippen molar-refractivity contribution in [3.63, 3.8) is 0 Å². The molecule has 7 nitrogen and oxygen atoms in total. The van der Waals surface area contributed by atoms with E-state index in [9.17, 15) is 31.9 Å². The smallest absolute Gasteiger partial charge is 0.327 e. The highest BCUT2D eigenvalue weighted by Crippen LogP contribution is 2.34. The fraction of sp³-hybridized carbons (Fsp3) is 0.615. The van der Waals surface area contributed by atoms with E-state index in [1.807, 2.05) is 29.8 Å². The number of carbonyl (C=O) groups is 2. The zero-order valence-electron chi connectivity index (χ0n) is 21.0. The fourth-order valence-corrected chi connectivity index (χ4v) is 4.83. The van der Waals surface area contributed by atoms with E-state index in [-0.39, 0.29) is 18.9 Å². The maximum absolute atomic E-state index is 14.1. The zero-order chi connectivity index (χ0) is 26.8. The van der Waals surface area contributed by atoms with Crippen LogP contribution in [-0.2, 0) is 26.0 Å². The minimum Gasteiger partial charge on any atom is -0.389 e. The van der Waals surface area contributed by atoms with Crippen LogP contribution in [0.3, 0.4) is 0 Å². The number of unbranched alkanes of at least 4 members (excludes halogenated alkanes) is 3. The molecule has 1 heterocycles. The van der Waals surface area contributed by atoms with E-state index in [4.69, 9.17) is 0 Å². The Bertz CT molecular complexity index is 985. The lowest BCUT2D eigenvalue weighted by atomic mass is 9.95. The molecule has 0 aliphatic carbocycles. The van der Waals surface area contributed by atoms with Crippen molar-refractivity contribution in [1.29, 1.82) is 0 Å². The topological polar surface area (TPSA) is 104 Å². The molecular formula is C26H38F2N2O5S. The molecule has 2 N–H and O–H groups in total. The normalized spacial score (nSPS) is 19.5. The molecule has 202 valence electrons. The Morgan fingerprint density at radius 3 is 2.53 bits per heavy atom. The first-order chi connectivity index (χ1) is 16.9. The zero-order valence-corrected chi connectivity index (χ0v) is 21.9. The van der Waals surface area contributed by atoms with Gasteiger partial charge in [-0.2, -0.15) is 8.78 Å². The number of halogens is 2. The molecule has 36 heavy (non-hydrogen) atoms. The quantitative estimate of drug-likeness (QED) is 0.266. The van der Waals surface area contributed by atoms with Crippen LogP contribution >= 0.6 is 0 Å². The maximum atomic E-state index is 14.1. The third kappa shape index (κ3) is 10.3. The van der Waals surface area contributed by atoms with Crippen LogP contribution < -0.4 is 4.72 Å². The second-order valence-corrected chi connectivity index (χ2v) is 11.4. The highest BCUT2D eigenvalue weighted by molar-refractivity contribution is 7.89. The summed E-state index contributed by atoms with van der Waals surface area (Å²) in [7, 11) is -3.58. The van der Waals surface area contributed by atoms with Crippen LogP contribution in [0.1, 0.15) is 63.9 Å². The van der Waals surface area contributed by atoms with Gasteiger partial charge in [-0.3, -0.25) is 14.3 Å². The van der Waals surface area contributed by atoms with Gasteiger partial charge in [0.2, 0.25) is 15.9 Å². The van der Waals surface area contributed by atoms with E-state index < -0.39 is 46.3 Å². The number of sulfonamides is 1. The number of hydrogen-bond donors (Lipinski definition) is 2. The van der Waals surface area contributed by atoms with Crippen LogP contribution in [0.4, 0.5) is 8.78 Å². The summed E-state index contributed by atoms with van der Waals surface area (Å²) < 4.78 is 52.2. The van der Waals surface area contributed by atoms with Crippen molar-refractivity contribution in [2.45, 2.75) is 82.8 Å². The van der Waals surface area contributed by atoms with Crippen molar-refractivity contribution in [3.05, 3.63) is 48.0 Å². The van der Waals surface area contributed by atoms with Crippen molar-refractivity contribution in [1.82, 2.24) is 9.62 Å². The van der Waals surface area contributed by atoms with E-state index in [0.29, 0.717) is 25.7 Å². The van der Waals surface area contributed by atoms with Gasteiger partial charge in [0.15, 0.2) is 0 Å². The number of hydrogen-bond acceptors (Lipinski definition) is 5. The van der Waals surface area contributed by atoms with E-state index >= 15 is 0 Å². The van der Waals surface area contributed by atoms with Crippen LogP contribution in [0, 0.1) is 5.92 Å². The highest BCUT2D eigenvalue weighted by Gasteiger charge is 2.52. The number of carbonyl (C=O) groups excluding carboxylic acids is 2. The second-order valence-electron chi connectivity index (χ2n) is 9.67. The molecule has 2 amide bonds. The molecule has 0 spiro atoms. The molecule has 3 atom stereocenters. The van der Waals surface area contributed by atoms with E-state index in [2.05, 4.69) is 12.1 Å². The molecule has 0 bridgehead atoms. The highest BCUT2D eigenvalue weighted by atomic mass is 32.2. The van der Waals surface area contributed by atoms with Gasteiger partial charge in [-0.25, -0.2) is 8.42 Å². The number of aryl methyl sites for hydroxylation is 1. The summed E-state index contributed by atoms with van der Waals surface area (Å²) in [5.74, 6) is -5.25. The predicted octanol–water partition coefficient (Wildman–Crippen LogP) is 3.83. The van der Waals surface area contributed by atoms with Crippen LogP contribution in [0.2, 0.25) is 0 Å². The maximum Gasteiger partial charge on any atom is 0.327 e. The molecule has 2 rings (SSSR count). The number of rotatable bonds is 15. The van der Waals surface area contributed by atoms with Crippen LogP contribution in [0.25, 0.3) is 0 Å². The summed E-state index contributed by atoms with van der Waals surface area (Å²) in [6, 6.07) is 9.28. The van der Waals surface area contributed by atoms with Crippen molar-refractivity contribution >= 4 is 21.8 Å². The van der Waals surface area contributed by atoms with Gasteiger partial charge in [0.1, 0.15) is 0 Å². The molecule has 1 saturated heterocycles. The van der Waals surface area contributed by atoms with E-state index in [1.54, 1.807) is 0 Å². The summed E-state index contributed by atoms with van der Waals surface area (Å²) in [4.78, 5) is 24.9. The second kappa shape index (κ2) is 13.8. The number of amides is 2. The van der Waals surface area contributed by atoms with E-state index in [0.717, 1.165) is 25.5 Å².